The van der Waals surface area contributed by atoms with Crippen LogP contribution in [0.5, 0.6) is 0 Å². The molecule has 2 aromatic carbocycles. The van der Waals surface area contributed by atoms with E-state index in [1.165, 1.54) is 13.2 Å². The third kappa shape index (κ3) is 4.84. The lowest BCUT2D eigenvalue weighted by molar-refractivity contribution is 0.0601. The third-order valence-electron chi connectivity index (χ3n) is 3.99. The number of amides is 1. The van der Waals surface area contributed by atoms with E-state index < -0.39 is 5.97 Å². The van der Waals surface area contributed by atoms with Crippen molar-refractivity contribution in [2.75, 3.05) is 19.0 Å². The van der Waals surface area contributed by atoms with Crippen molar-refractivity contribution < 1.29 is 14.3 Å². The second kappa shape index (κ2) is 9.27. The van der Waals surface area contributed by atoms with Crippen molar-refractivity contribution in [1.29, 1.82) is 0 Å². The molecule has 2 N–H and O–H groups in total. The van der Waals surface area contributed by atoms with Crippen LogP contribution in [0.3, 0.4) is 0 Å². The van der Waals surface area contributed by atoms with Gasteiger partial charge in [0.1, 0.15) is 11.5 Å². The Balaban J connectivity index is 2.03. The van der Waals surface area contributed by atoms with Gasteiger partial charge < -0.3 is 15.4 Å². The van der Waals surface area contributed by atoms with Gasteiger partial charge in [0.2, 0.25) is 0 Å². The fraction of sp³-hybridized carbons (Fsp3) is 0.0909. The maximum atomic E-state index is 12.5. The molecule has 146 valence electrons. The molecule has 0 atom stereocenters. The summed E-state index contributed by atoms with van der Waals surface area (Å²) < 4.78 is 4.83. The topological polar surface area (TPSA) is 93.2 Å². The Kier molecular flexibility index (Phi) is 6.32. The minimum Gasteiger partial charge on any atom is -0.465 e. The van der Waals surface area contributed by atoms with Crippen molar-refractivity contribution >= 4 is 23.4 Å². The van der Waals surface area contributed by atoms with Crippen LogP contribution < -0.4 is 10.6 Å². The highest BCUT2D eigenvalue weighted by Crippen LogP contribution is 2.23. The highest BCUT2D eigenvalue weighted by Gasteiger charge is 2.15. The van der Waals surface area contributed by atoms with Crippen molar-refractivity contribution in [2.24, 2.45) is 0 Å². The summed E-state index contributed by atoms with van der Waals surface area (Å²) in [5.41, 5.74) is 1.82. The number of para-hydroxylation sites is 1. The molecule has 0 fully saturated rings. The molecule has 0 spiro atoms. The molecular weight excluding hydrogens is 368 g/mol. The van der Waals surface area contributed by atoms with E-state index in [1.807, 2.05) is 30.3 Å². The standard InChI is InChI=1S/C22H20N4O3/c1-3-13-23-21(27)18-14-19(26-20(25-18)15-9-5-4-6-10-15)24-17-12-8-7-11-16(17)22(28)29-2/h3-12,14H,1,13H2,2H3,(H,23,27)(H,24,25,26). The second-order valence-electron chi connectivity index (χ2n) is 5.99. The van der Waals surface area contributed by atoms with Gasteiger partial charge in [-0.25, -0.2) is 14.8 Å². The molecule has 1 amide bonds. The number of anilines is 2. The van der Waals surface area contributed by atoms with Crippen LogP contribution in [-0.4, -0.2) is 35.5 Å². The minimum absolute atomic E-state index is 0.193. The van der Waals surface area contributed by atoms with E-state index in [1.54, 1.807) is 30.3 Å². The van der Waals surface area contributed by atoms with Crippen molar-refractivity contribution in [1.82, 2.24) is 15.3 Å². The van der Waals surface area contributed by atoms with E-state index in [-0.39, 0.29) is 11.6 Å². The Morgan fingerprint density at radius 1 is 1.07 bits per heavy atom. The smallest absolute Gasteiger partial charge is 0.339 e. The van der Waals surface area contributed by atoms with Crippen LogP contribution >= 0.6 is 0 Å². The molecule has 0 bridgehead atoms. The highest BCUT2D eigenvalue weighted by molar-refractivity contribution is 5.97. The van der Waals surface area contributed by atoms with Crippen LogP contribution in [0.15, 0.2) is 73.3 Å². The van der Waals surface area contributed by atoms with Gasteiger partial charge in [-0.05, 0) is 12.1 Å². The van der Waals surface area contributed by atoms with Gasteiger partial charge in [0.15, 0.2) is 5.82 Å². The van der Waals surface area contributed by atoms with E-state index >= 15 is 0 Å². The van der Waals surface area contributed by atoms with Crippen LogP contribution in [0.2, 0.25) is 0 Å². The van der Waals surface area contributed by atoms with E-state index in [4.69, 9.17) is 4.74 Å². The zero-order valence-electron chi connectivity index (χ0n) is 15.9. The number of carbonyl (C=O) groups excluding carboxylic acids is 2. The average molecular weight is 388 g/mol. The van der Waals surface area contributed by atoms with Crippen LogP contribution in [0.1, 0.15) is 20.8 Å². The number of hydrogen-bond acceptors (Lipinski definition) is 6. The Hall–Kier alpha value is -4.00. The molecule has 3 aromatic rings. The summed E-state index contributed by atoms with van der Waals surface area (Å²) in [7, 11) is 1.32. The maximum Gasteiger partial charge on any atom is 0.339 e. The normalized spacial score (nSPS) is 10.1. The molecule has 0 aliphatic rings. The lowest BCUT2D eigenvalue weighted by atomic mass is 10.1. The number of benzene rings is 2. The molecule has 1 heterocycles. The highest BCUT2D eigenvalue weighted by atomic mass is 16.5. The molecule has 7 nitrogen and oxygen atoms in total. The Morgan fingerprint density at radius 3 is 2.52 bits per heavy atom. The van der Waals surface area contributed by atoms with E-state index in [0.29, 0.717) is 29.4 Å². The fourth-order valence-corrected chi connectivity index (χ4v) is 2.62. The fourth-order valence-electron chi connectivity index (χ4n) is 2.62. The lowest BCUT2D eigenvalue weighted by Crippen LogP contribution is -2.24. The van der Waals surface area contributed by atoms with Crippen molar-refractivity contribution in [3.8, 4) is 11.4 Å². The van der Waals surface area contributed by atoms with Crippen molar-refractivity contribution in [3.05, 3.63) is 84.6 Å². The van der Waals surface area contributed by atoms with Crippen molar-refractivity contribution in [2.45, 2.75) is 0 Å². The van der Waals surface area contributed by atoms with Gasteiger partial charge in [0, 0.05) is 18.2 Å². The summed E-state index contributed by atoms with van der Waals surface area (Å²) in [5, 5.41) is 5.81. The summed E-state index contributed by atoms with van der Waals surface area (Å²) in [5.74, 6) is -0.0722. The SMILES string of the molecule is C=CCNC(=O)c1cc(Nc2ccccc2C(=O)OC)nc(-c2ccccc2)n1. The Morgan fingerprint density at radius 2 is 1.79 bits per heavy atom. The average Bonchev–Trinajstić information content (AvgIpc) is 2.77. The molecule has 0 saturated heterocycles. The lowest BCUT2D eigenvalue weighted by Gasteiger charge is -2.12. The quantitative estimate of drug-likeness (QED) is 0.475. The van der Waals surface area contributed by atoms with Crippen LogP contribution in [0.25, 0.3) is 11.4 Å². The molecule has 3 rings (SSSR count). The van der Waals surface area contributed by atoms with Gasteiger partial charge >= 0.3 is 5.97 Å². The Labute approximate surface area is 168 Å². The van der Waals surface area contributed by atoms with Gasteiger partial charge in [-0.15, -0.1) is 6.58 Å². The molecule has 0 aliphatic heterocycles. The minimum atomic E-state index is -0.477. The van der Waals surface area contributed by atoms with E-state index in [0.717, 1.165) is 5.56 Å². The predicted octanol–water partition coefficient (Wildman–Crippen LogP) is 3.59. The van der Waals surface area contributed by atoms with Gasteiger partial charge in [-0.3, -0.25) is 4.79 Å². The largest absolute Gasteiger partial charge is 0.465 e. The van der Waals surface area contributed by atoms with Gasteiger partial charge in [-0.2, -0.15) is 0 Å². The van der Waals surface area contributed by atoms with E-state index in [9.17, 15) is 9.59 Å². The van der Waals surface area contributed by atoms with E-state index in [2.05, 4.69) is 27.2 Å². The number of nitrogens with zero attached hydrogens (tertiary/aromatic N) is 2. The number of rotatable bonds is 7. The molecule has 0 unspecified atom stereocenters. The first-order valence-electron chi connectivity index (χ1n) is 8.90. The van der Waals surface area contributed by atoms with Gasteiger partial charge in [0.25, 0.3) is 5.91 Å². The number of carbonyl (C=O) groups is 2. The van der Waals surface area contributed by atoms with Gasteiger partial charge in [-0.1, -0.05) is 48.5 Å². The molecule has 1 aromatic heterocycles. The van der Waals surface area contributed by atoms with Crippen LogP contribution in [-0.2, 0) is 4.74 Å². The zero-order chi connectivity index (χ0) is 20.6. The molecule has 29 heavy (non-hydrogen) atoms. The molecule has 0 saturated carbocycles. The van der Waals surface area contributed by atoms with Crippen LogP contribution in [0, 0.1) is 0 Å². The summed E-state index contributed by atoms with van der Waals surface area (Å²) in [6, 6.07) is 17.7. The summed E-state index contributed by atoms with van der Waals surface area (Å²) >= 11 is 0. The number of aromatic nitrogens is 2. The Bertz CT molecular complexity index is 1040. The maximum absolute atomic E-state index is 12.5. The number of hydrogen-bond donors (Lipinski definition) is 2. The van der Waals surface area contributed by atoms with Gasteiger partial charge in [0.05, 0.1) is 18.4 Å². The first kappa shape index (κ1) is 19.8. The molecular formula is C22H20N4O3. The molecule has 0 radical (unpaired) electrons. The number of ether oxygens (including phenoxy) is 1. The first-order chi connectivity index (χ1) is 14.1. The summed E-state index contributed by atoms with van der Waals surface area (Å²) in [6.45, 7) is 3.91. The first-order valence-corrected chi connectivity index (χ1v) is 8.90. The number of nitrogens with one attached hydrogen (secondary N) is 2. The predicted molar refractivity (Wildman–Crippen MR) is 111 cm³/mol. The zero-order valence-corrected chi connectivity index (χ0v) is 15.9. The molecule has 7 heteroatoms. The third-order valence-corrected chi connectivity index (χ3v) is 3.99. The summed E-state index contributed by atoms with van der Waals surface area (Å²) in [6.07, 6.45) is 1.59. The molecule has 0 aliphatic carbocycles. The number of methoxy groups -OCH3 is 1. The van der Waals surface area contributed by atoms with Crippen molar-refractivity contribution in [3.63, 3.8) is 0 Å². The monoisotopic (exact) mass is 388 g/mol. The second-order valence-corrected chi connectivity index (χ2v) is 5.99. The van der Waals surface area contributed by atoms with Crippen LogP contribution in [0.4, 0.5) is 11.5 Å². The summed E-state index contributed by atoms with van der Waals surface area (Å²) in [4.78, 5) is 33.4. The number of esters is 1.